The van der Waals surface area contributed by atoms with Crippen molar-refractivity contribution in [2.75, 3.05) is 11.4 Å². The van der Waals surface area contributed by atoms with E-state index < -0.39 is 0 Å². The first-order chi connectivity index (χ1) is 13.2. The van der Waals surface area contributed by atoms with Crippen molar-refractivity contribution in [1.82, 2.24) is 5.32 Å². The standard InChI is InChI=1S/C23H22N2O2/c26-22(24-16-18-7-10-19-4-1-2-5-20(19)14-18)15-17-8-11-21(12-9-17)25-13-3-6-23(25)27/h1-2,4-5,7-12,14H,3,6,13,15-16H2,(H,24,26). The molecule has 0 unspecified atom stereocenters. The minimum Gasteiger partial charge on any atom is -0.352 e. The van der Waals surface area contributed by atoms with Gasteiger partial charge in [-0.15, -0.1) is 0 Å². The molecule has 0 bridgehead atoms. The predicted molar refractivity (Wildman–Crippen MR) is 108 cm³/mol. The summed E-state index contributed by atoms with van der Waals surface area (Å²) in [6.07, 6.45) is 1.87. The van der Waals surface area contributed by atoms with Crippen molar-refractivity contribution in [2.24, 2.45) is 0 Å². The van der Waals surface area contributed by atoms with E-state index in [4.69, 9.17) is 0 Å². The molecule has 0 aliphatic carbocycles. The van der Waals surface area contributed by atoms with E-state index in [2.05, 4.69) is 29.6 Å². The van der Waals surface area contributed by atoms with Crippen LogP contribution in [0.15, 0.2) is 66.7 Å². The third kappa shape index (κ3) is 4.00. The van der Waals surface area contributed by atoms with Gasteiger partial charge in [0.25, 0.3) is 0 Å². The maximum Gasteiger partial charge on any atom is 0.227 e. The summed E-state index contributed by atoms with van der Waals surface area (Å²) in [7, 11) is 0. The lowest BCUT2D eigenvalue weighted by molar-refractivity contribution is -0.120. The molecule has 0 spiro atoms. The molecule has 1 fully saturated rings. The molecule has 1 heterocycles. The fourth-order valence-electron chi connectivity index (χ4n) is 3.51. The van der Waals surface area contributed by atoms with Gasteiger partial charge in [-0.2, -0.15) is 0 Å². The summed E-state index contributed by atoms with van der Waals surface area (Å²) in [4.78, 5) is 25.9. The average Bonchev–Trinajstić information content (AvgIpc) is 3.13. The summed E-state index contributed by atoms with van der Waals surface area (Å²) in [5.74, 6) is 0.170. The van der Waals surface area contributed by atoms with Crippen LogP contribution in [0.5, 0.6) is 0 Å². The van der Waals surface area contributed by atoms with Crippen molar-refractivity contribution in [3.05, 3.63) is 77.9 Å². The fraction of sp³-hybridized carbons (Fsp3) is 0.217. The highest BCUT2D eigenvalue weighted by atomic mass is 16.2. The number of amides is 2. The highest BCUT2D eigenvalue weighted by molar-refractivity contribution is 5.95. The Bertz CT molecular complexity index is 979. The molecule has 0 aromatic heterocycles. The molecule has 1 saturated heterocycles. The molecule has 3 aromatic rings. The number of nitrogens with one attached hydrogen (secondary N) is 1. The van der Waals surface area contributed by atoms with E-state index in [-0.39, 0.29) is 11.8 Å². The Balaban J connectivity index is 1.34. The summed E-state index contributed by atoms with van der Waals surface area (Å²) >= 11 is 0. The molecule has 1 aliphatic rings. The molecule has 27 heavy (non-hydrogen) atoms. The molecule has 4 rings (SSSR count). The molecule has 136 valence electrons. The second-order valence-electron chi connectivity index (χ2n) is 6.95. The van der Waals surface area contributed by atoms with E-state index >= 15 is 0 Å². The van der Waals surface area contributed by atoms with Gasteiger partial charge >= 0.3 is 0 Å². The van der Waals surface area contributed by atoms with Crippen LogP contribution in [0, 0.1) is 0 Å². The van der Waals surface area contributed by atoms with Crippen molar-refractivity contribution in [3.63, 3.8) is 0 Å². The van der Waals surface area contributed by atoms with Crippen LogP contribution in [-0.4, -0.2) is 18.4 Å². The first kappa shape index (κ1) is 17.3. The lowest BCUT2D eigenvalue weighted by atomic mass is 10.1. The van der Waals surface area contributed by atoms with Crippen LogP contribution in [0.1, 0.15) is 24.0 Å². The van der Waals surface area contributed by atoms with Gasteiger partial charge in [-0.1, -0.05) is 48.5 Å². The second kappa shape index (κ2) is 7.62. The first-order valence-electron chi connectivity index (χ1n) is 9.33. The Morgan fingerprint density at radius 3 is 2.41 bits per heavy atom. The number of fused-ring (bicyclic) bond motifs is 1. The third-order valence-corrected chi connectivity index (χ3v) is 4.99. The first-order valence-corrected chi connectivity index (χ1v) is 9.33. The van der Waals surface area contributed by atoms with Gasteiger partial charge in [-0.25, -0.2) is 0 Å². The number of carbonyl (C=O) groups is 2. The Labute approximate surface area is 158 Å². The third-order valence-electron chi connectivity index (χ3n) is 4.99. The lowest BCUT2D eigenvalue weighted by Gasteiger charge is -2.15. The Morgan fingerprint density at radius 1 is 0.926 bits per heavy atom. The number of rotatable bonds is 5. The van der Waals surface area contributed by atoms with E-state index in [9.17, 15) is 9.59 Å². The quantitative estimate of drug-likeness (QED) is 0.754. The zero-order valence-corrected chi connectivity index (χ0v) is 15.2. The monoisotopic (exact) mass is 358 g/mol. The Hall–Kier alpha value is -3.14. The molecular formula is C23H22N2O2. The van der Waals surface area contributed by atoms with Gasteiger partial charge in [-0.05, 0) is 46.5 Å². The van der Waals surface area contributed by atoms with Crippen LogP contribution < -0.4 is 10.2 Å². The van der Waals surface area contributed by atoms with E-state index in [1.807, 2.05) is 47.4 Å². The number of nitrogens with zero attached hydrogens (tertiary/aromatic N) is 1. The van der Waals surface area contributed by atoms with E-state index in [0.717, 1.165) is 29.8 Å². The summed E-state index contributed by atoms with van der Waals surface area (Å²) in [6.45, 7) is 1.30. The van der Waals surface area contributed by atoms with Crippen LogP contribution >= 0.6 is 0 Å². The zero-order chi connectivity index (χ0) is 18.6. The largest absolute Gasteiger partial charge is 0.352 e. The van der Waals surface area contributed by atoms with Gasteiger partial charge in [0.05, 0.1) is 6.42 Å². The van der Waals surface area contributed by atoms with Crippen LogP contribution in [-0.2, 0) is 22.6 Å². The highest BCUT2D eigenvalue weighted by Crippen LogP contribution is 2.21. The van der Waals surface area contributed by atoms with Crippen LogP contribution in [0.4, 0.5) is 5.69 Å². The fourth-order valence-corrected chi connectivity index (χ4v) is 3.51. The van der Waals surface area contributed by atoms with Gasteiger partial charge in [0.15, 0.2) is 0 Å². The molecule has 0 saturated carbocycles. The molecule has 1 N–H and O–H groups in total. The second-order valence-corrected chi connectivity index (χ2v) is 6.95. The topological polar surface area (TPSA) is 49.4 Å². The number of benzene rings is 3. The molecule has 2 amide bonds. The number of hydrogen-bond donors (Lipinski definition) is 1. The van der Waals surface area contributed by atoms with Crippen LogP contribution in [0.25, 0.3) is 10.8 Å². The van der Waals surface area contributed by atoms with Crippen molar-refractivity contribution in [1.29, 1.82) is 0 Å². The van der Waals surface area contributed by atoms with Crippen molar-refractivity contribution in [3.8, 4) is 0 Å². The lowest BCUT2D eigenvalue weighted by Crippen LogP contribution is -2.25. The van der Waals surface area contributed by atoms with Crippen molar-refractivity contribution < 1.29 is 9.59 Å². The van der Waals surface area contributed by atoms with Gasteiger partial charge in [0.2, 0.25) is 11.8 Å². The summed E-state index contributed by atoms with van der Waals surface area (Å²) < 4.78 is 0. The minimum absolute atomic E-state index is 0.00634. The smallest absolute Gasteiger partial charge is 0.227 e. The minimum atomic E-state index is -0.00634. The van der Waals surface area contributed by atoms with Crippen molar-refractivity contribution >= 4 is 28.3 Å². The molecule has 4 heteroatoms. The molecule has 1 aliphatic heterocycles. The van der Waals surface area contributed by atoms with Gasteiger partial charge in [0.1, 0.15) is 0 Å². The van der Waals surface area contributed by atoms with Crippen LogP contribution in [0.2, 0.25) is 0 Å². The molecule has 3 aromatic carbocycles. The maximum absolute atomic E-state index is 12.3. The van der Waals surface area contributed by atoms with E-state index in [1.54, 1.807) is 0 Å². The van der Waals surface area contributed by atoms with Crippen molar-refractivity contribution in [2.45, 2.75) is 25.8 Å². The van der Waals surface area contributed by atoms with Gasteiger partial charge in [-0.3, -0.25) is 9.59 Å². The summed E-state index contributed by atoms with van der Waals surface area (Å²) in [5.41, 5.74) is 2.95. The van der Waals surface area contributed by atoms with Crippen LogP contribution in [0.3, 0.4) is 0 Å². The molecule has 4 nitrogen and oxygen atoms in total. The zero-order valence-electron chi connectivity index (χ0n) is 15.2. The number of hydrogen-bond acceptors (Lipinski definition) is 2. The average molecular weight is 358 g/mol. The number of carbonyl (C=O) groups excluding carboxylic acids is 2. The Morgan fingerprint density at radius 2 is 1.67 bits per heavy atom. The predicted octanol–water partition coefficient (Wildman–Crippen LogP) is 3.83. The normalized spacial score (nSPS) is 13.9. The van der Waals surface area contributed by atoms with Gasteiger partial charge in [0, 0.05) is 25.2 Å². The SMILES string of the molecule is O=C(Cc1ccc(N2CCCC2=O)cc1)NCc1ccc2ccccc2c1. The molecular weight excluding hydrogens is 336 g/mol. The highest BCUT2D eigenvalue weighted by Gasteiger charge is 2.21. The van der Waals surface area contributed by atoms with E-state index in [0.29, 0.717) is 19.4 Å². The summed E-state index contributed by atoms with van der Waals surface area (Å²) in [5, 5.41) is 5.36. The summed E-state index contributed by atoms with van der Waals surface area (Å²) in [6, 6.07) is 22.1. The molecule has 0 radical (unpaired) electrons. The Kier molecular flexibility index (Phi) is 4.88. The van der Waals surface area contributed by atoms with Gasteiger partial charge < -0.3 is 10.2 Å². The maximum atomic E-state index is 12.3. The van der Waals surface area contributed by atoms with E-state index in [1.165, 1.54) is 10.8 Å². The number of anilines is 1. The molecule has 0 atom stereocenters.